The zero-order valence-corrected chi connectivity index (χ0v) is 14.0. The first-order valence-corrected chi connectivity index (χ1v) is 8.05. The monoisotopic (exact) mass is 369 g/mol. The first kappa shape index (κ1) is 19.9. The van der Waals surface area contributed by atoms with Crippen LogP contribution in [0.1, 0.15) is 23.1 Å². The Bertz CT molecular complexity index is 714. The lowest BCUT2D eigenvalue weighted by atomic mass is 10.1. The number of hydrogen-bond acceptors (Lipinski definition) is 2. The third-order valence-corrected chi connectivity index (χ3v) is 3.58. The first-order chi connectivity index (χ1) is 12.3. The molecular formula is C19H19F4NO2. The molecule has 2 aromatic carbocycles. The molecule has 0 aliphatic rings. The van der Waals surface area contributed by atoms with Crippen LogP contribution in [-0.2, 0) is 29.1 Å². The summed E-state index contributed by atoms with van der Waals surface area (Å²) in [4.78, 5) is 11.8. The molecule has 0 saturated heterocycles. The highest BCUT2D eigenvalue weighted by Crippen LogP contribution is 2.16. The molecule has 0 bridgehead atoms. The Kier molecular flexibility index (Phi) is 7.15. The van der Waals surface area contributed by atoms with Gasteiger partial charge in [0.25, 0.3) is 0 Å². The van der Waals surface area contributed by atoms with E-state index in [2.05, 4.69) is 10.1 Å². The molecule has 0 fully saturated rings. The number of aryl methyl sites for hydroxylation is 1. The van der Waals surface area contributed by atoms with Crippen LogP contribution in [0.5, 0.6) is 0 Å². The molecule has 0 radical (unpaired) electrons. The number of nitrogens with one attached hydrogen (secondary N) is 1. The minimum absolute atomic E-state index is 0.125. The summed E-state index contributed by atoms with van der Waals surface area (Å²) >= 11 is 0. The van der Waals surface area contributed by atoms with E-state index in [9.17, 15) is 22.4 Å². The van der Waals surface area contributed by atoms with E-state index >= 15 is 0 Å². The molecular weight excluding hydrogens is 350 g/mol. The van der Waals surface area contributed by atoms with Gasteiger partial charge >= 0.3 is 6.18 Å². The highest BCUT2D eigenvalue weighted by Gasteiger charge is 2.27. The molecule has 0 atom stereocenters. The van der Waals surface area contributed by atoms with E-state index in [1.807, 2.05) is 0 Å². The Morgan fingerprint density at radius 1 is 1.00 bits per heavy atom. The lowest BCUT2D eigenvalue weighted by Crippen LogP contribution is -2.23. The Hall–Kier alpha value is -2.41. The maximum atomic E-state index is 13.1. The minimum Gasteiger partial charge on any atom is -0.367 e. The summed E-state index contributed by atoms with van der Waals surface area (Å²) < 4.78 is 53.7. The summed E-state index contributed by atoms with van der Waals surface area (Å²) in [6, 6.07) is 12.9. The van der Waals surface area contributed by atoms with Gasteiger partial charge < -0.3 is 10.1 Å². The maximum Gasteiger partial charge on any atom is 0.411 e. The molecule has 0 saturated carbocycles. The second-order valence-corrected chi connectivity index (χ2v) is 5.83. The van der Waals surface area contributed by atoms with Crippen molar-refractivity contribution in [2.75, 3.05) is 6.61 Å². The van der Waals surface area contributed by atoms with Gasteiger partial charge in [0, 0.05) is 13.0 Å². The smallest absolute Gasteiger partial charge is 0.367 e. The summed E-state index contributed by atoms with van der Waals surface area (Å²) in [5, 5.41) is 2.75. The zero-order chi connectivity index (χ0) is 19.0. The van der Waals surface area contributed by atoms with E-state index in [-0.39, 0.29) is 24.8 Å². The summed E-state index contributed by atoms with van der Waals surface area (Å²) in [5.74, 6) is -0.492. The molecule has 0 heterocycles. The molecule has 26 heavy (non-hydrogen) atoms. The van der Waals surface area contributed by atoms with Crippen molar-refractivity contribution in [1.29, 1.82) is 0 Å². The van der Waals surface area contributed by atoms with E-state index in [1.54, 1.807) is 36.4 Å². The van der Waals surface area contributed by atoms with Crippen LogP contribution in [-0.4, -0.2) is 18.7 Å². The van der Waals surface area contributed by atoms with Crippen molar-refractivity contribution >= 4 is 5.91 Å². The second-order valence-electron chi connectivity index (χ2n) is 5.83. The summed E-state index contributed by atoms with van der Waals surface area (Å²) in [6.07, 6.45) is -3.65. The average Bonchev–Trinajstić information content (AvgIpc) is 2.58. The molecule has 2 rings (SSSR count). The number of alkyl halides is 3. The van der Waals surface area contributed by atoms with Crippen molar-refractivity contribution in [3.8, 4) is 0 Å². The van der Waals surface area contributed by atoms with Crippen molar-refractivity contribution in [2.45, 2.75) is 32.2 Å². The standard InChI is InChI=1S/C19H19F4NO2/c20-17-3-1-2-14(10-17)8-9-18(25)24-11-15-4-6-16(7-5-15)12-26-13-19(21,22)23/h1-7,10H,8-9,11-13H2,(H,24,25). The molecule has 140 valence electrons. The Balaban J connectivity index is 1.70. The van der Waals surface area contributed by atoms with E-state index in [0.717, 1.165) is 11.1 Å². The minimum atomic E-state index is -4.34. The maximum absolute atomic E-state index is 13.1. The van der Waals surface area contributed by atoms with Crippen LogP contribution in [0.15, 0.2) is 48.5 Å². The number of amides is 1. The van der Waals surface area contributed by atoms with Gasteiger partial charge in [0.1, 0.15) is 12.4 Å². The number of hydrogen-bond donors (Lipinski definition) is 1. The molecule has 0 spiro atoms. The Morgan fingerprint density at radius 3 is 2.35 bits per heavy atom. The number of halogens is 4. The molecule has 7 heteroatoms. The van der Waals surface area contributed by atoms with Crippen molar-refractivity contribution in [1.82, 2.24) is 5.32 Å². The number of carbonyl (C=O) groups excluding carboxylic acids is 1. The topological polar surface area (TPSA) is 38.3 Å². The van der Waals surface area contributed by atoms with Crippen LogP contribution in [0.4, 0.5) is 17.6 Å². The van der Waals surface area contributed by atoms with Crippen LogP contribution >= 0.6 is 0 Å². The van der Waals surface area contributed by atoms with Crippen LogP contribution in [0.3, 0.4) is 0 Å². The van der Waals surface area contributed by atoms with E-state index in [1.165, 1.54) is 12.1 Å². The first-order valence-electron chi connectivity index (χ1n) is 8.05. The van der Waals surface area contributed by atoms with Gasteiger partial charge in [-0.3, -0.25) is 4.79 Å². The molecule has 3 nitrogen and oxygen atoms in total. The average molecular weight is 369 g/mol. The quantitative estimate of drug-likeness (QED) is 0.710. The van der Waals surface area contributed by atoms with Gasteiger partial charge in [0.2, 0.25) is 5.91 Å². The third kappa shape index (κ3) is 7.65. The molecule has 0 aliphatic heterocycles. The molecule has 1 amide bonds. The summed E-state index contributed by atoms with van der Waals surface area (Å²) in [6.45, 7) is -1.10. The molecule has 2 aromatic rings. The van der Waals surface area contributed by atoms with Gasteiger partial charge in [-0.1, -0.05) is 36.4 Å². The molecule has 0 aromatic heterocycles. The third-order valence-electron chi connectivity index (χ3n) is 3.58. The summed E-state index contributed by atoms with van der Waals surface area (Å²) in [5.41, 5.74) is 2.20. The number of carbonyl (C=O) groups is 1. The van der Waals surface area contributed by atoms with Crippen molar-refractivity contribution in [3.05, 3.63) is 71.0 Å². The van der Waals surface area contributed by atoms with Crippen molar-refractivity contribution in [2.24, 2.45) is 0 Å². The van der Waals surface area contributed by atoms with E-state index in [4.69, 9.17) is 0 Å². The lowest BCUT2D eigenvalue weighted by Gasteiger charge is -2.09. The molecule has 0 aliphatic carbocycles. The van der Waals surface area contributed by atoms with Crippen molar-refractivity contribution < 1.29 is 27.1 Å². The van der Waals surface area contributed by atoms with Gasteiger partial charge in [-0.25, -0.2) is 4.39 Å². The van der Waals surface area contributed by atoms with Crippen LogP contribution in [0.25, 0.3) is 0 Å². The fourth-order valence-electron chi connectivity index (χ4n) is 2.28. The Labute approximate surface area is 149 Å². The second kappa shape index (κ2) is 9.33. The Morgan fingerprint density at radius 2 is 1.69 bits per heavy atom. The van der Waals surface area contributed by atoms with E-state index in [0.29, 0.717) is 18.5 Å². The van der Waals surface area contributed by atoms with Crippen LogP contribution < -0.4 is 5.32 Å². The van der Waals surface area contributed by atoms with Gasteiger partial charge in [0.15, 0.2) is 0 Å². The van der Waals surface area contributed by atoms with Gasteiger partial charge in [-0.05, 0) is 35.2 Å². The van der Waals surface area contributed by atoms with Crippen LogP contribution in [0, 0.1) is 5.82 Å². The largest absolute Gasteiger partial charge is 0.411 e. The lowest BCUT2D eigenvalue weighted by molar-refractivity contribution is -0.176. The molecule has 0 unspecified atom stereocenters. The van der Waals surface area contributed by atoms with Gasteiger partial charge in [-0.15, -0.1) is 0 Å². The fraction of sp³-hybridized carbons (Fsp3) is 0.316. The molecule has 1 N–H and O–H groups in total. The highest BCUT2D eigenvalue weighted by atomic mass is 19.4. The predicted molar refractivity (Wildman–Crippen MR) is 88.7 cm³/mol. The number of ether oxygens (including phenoxy) is 1. The fourth-order valence-corrected chi connectivity index (χ4v) is 2.28. The van der Waals surface area contributed by atoms with Gasteiger partial charge in [0.05, 0.1) is 6.61 Å². The highest BCUT2D eigenvalue weighted by molar-refractivity contribution is 5.76. The SMILES string of the molecule is O=C(CCc1cccc(F)c1)NCc1ccc(COCC(F)(F)F)cc1. The summed E-state index contributed by atoms with van der Waals surface area (Å²) in [7, 11) is 0. The zero-order valence-electron chi connectivity index (χ0n) is 14.0. The van der Waals surface area contributed by atoms with Crippen LogP contribution in [0.2, 0.25) is 0 Å². The van der Waals surface area contributed by atoms with Gasteiger partial charge in [-0.2, -0.15) is 13.2 Å². The number of rotatable bonds is 8. The van der Waals surface area contributed by atoms with E-state index < -0.39 is 12.8 Å². The number of benzene rings is 2. The van der Waals surface area contributed by atoms with Crippen molar-refractivity contribution in [3.63, 3.8) is 0 Å². The normalized spacial score (nSPS) is 11.4. The predicted octanol–water partition coefficient (Wildman–Crippen LogP) is 4.15.